The lowest BCUT2D eigenvalue weighted by Crippen LogP contribution is -2.22. The van der Waals surface area contributed by atoms with Crippen LogP contribution in [-0.2, 0) is 21.0 Å². The van der Waals surface area contributed by atoms with Gasteiger partial charge in [0.25, 0.3) is 0 Å². The first-order valence-corrected chi connectivity index (χ1v) is 9.74. The first kappa shape index (κ1) is 21.4. The molecule has 11 heteroatoms. The Morgan fingerprint density at radius 2 is 1.82 bits per heavy atom. The lowest BCUT2D eigenvalue weighted by Gasteiger charge is -2.13. The summed E-state index contributed by atoms with van der Waals surface area (Å²) in [6, 6.07) is 8.79. The van der Waals surface area contributed by atoms with Crippen LogP contribution in [0.25, 0.3) is 0 Å². The standard InChI is InChI=1S/C17H18F3N3O4S/c1-27-15-7-6-13(9-14(15)23-28(2,25)26)22-16(24)10-21-12-5-3-4-11(8-12)17(18,19)20/h3-9,21,23H,10H2,1-2H3,(H,22,24). The number of hydrogen-bond donors (Lipinski definition) is 3. The highest BCUT2D eigenvalue weighted by molar-refractivity contribution is 7.92. The average Bonchev–Trinajstić information content (AvgIpc) is 2.58. The first-order chi connectivity index (χ1) is 13.0. The molecule has 0 aliphatic rings. The normalized spacial score (nSPS) is 11.6. The summed E-state index contributed by atoms with van der Waals surface area (Å²) in [5, 5.41) is 5.12. The Bertz CT molecular complexity index is 962. The van der Waals surface area contributed by atoms with Crippen LogP contribution < -0.4 is 20.1 Å². The summed E-state index contributed by atoms with van der Waals surface area (Å²) >= 11 is 0. The lowest BCUT2D eigenvalue weighted by molar-refractivity contribution is -0.137. The topological polar surface area (TPSA) is 96.5 Å². The average molecular weight is 417 g/mol. The Balaban J connectivity index is 2.04. The van der Waals surface area contributed by atoms with Crippen LogP contribution in [0.2, 0.25) is 0 Å². The van der Waals surface area contributed by atoms with E-state index in [1.165, 1.54) is 37.4 Å². The van der Waals surface area contributed by atoms with Crippen LogP contribution >= 0.6 is 0 Å². The molecule has 1 amide bonds. The highest BCUT2D eigenvalue weighted by Gasteiger charge is 2.30. The number of sulfonamides is 1. The van der Waals surface area contributed by atoms with Gasteiger partial charge in [0, 0.05) is 11.4 Å². The smallest absolute Gasteiger partial charge is 0.416 e. The Kier molecular flexibility index (Phi) is 6.39. The van der Waals surface area contributed by atoms with Crippen LogP contribution in [0, 0.1) is 0 Å². The summed E-state index contributed by atoms with van der Waals surface area (Å²) in [7, 11) is -2.20. The fraction of sp³-hybridized carbons (Fsp3) is 0.235. The summed E-state index contributed by atoms with van der Waals surface area (Å²) in [4.78, 5) is 12.1. The molecule has 0 heterocycles. The van der Waals surface area contributed by atoms with E-state index in [9.17, 15) is 26.4 Å². The van der Waals surface area contributed by atoms with Gasteiger partial charge in [0.05, 0.1) is 31.2 Å². The number of methoxy groups -OCH3 is 1. The molecule has 0 radical (unpaired) electrons. The van der Waals surface area contributed by atoms with Crippen molar-refractivity contribution in [2.45, 2.75) is 6.18 Å². The van der Waals surface area contributed by atoms with Crippen molar-refractivity contribution in [3.8, 4) is 5.75 Å². The Labute approximate surface area is 159 Å². The molecule has 2 aromatic carbocycles. The van der Waals surface area contributed by atoms with Crippen molar-refractivity contribution in [1.29, 1.82) is 0 Å². The van der Waals surface area contributed by atoms with Crippen LogP contribution in [-0.4, -0.2) is 34.2 Å². The van der Waals surface area contributed by atoms with Crippen molar-refractivity contribution in [3.05, 3.63) is 48.0 Å². The molecule has 0 aliphatic heterocycles. The van der Waals surface area contributed by atoms with Crippen molar-refractivity contribution in [1.82, 2.24) is 0 Å². The number of nitrogens with one attached hydrogen (secondary N) is 3. The maximum absolute atomic E-state index is 12.7. The van der Waals surface area contributed by atoms with Crippen LogP contribution in [0.1, 0.15) is 5.56 Å². The number of carbonyl (C=O) groups is 1. The van der Waals surface area contributed by atoms with Crippen molar-refractivity contribution >= 4 is 33.0 Å². The lowest BCUT2D eigenvalue weighted by atomic mass is 10.2. The fourth-order valence-corrected chi connectivity index (χ4v) is 2.82. The second-order valence-corrected chi connectivity index (χ2v) is 7.52. The van der Waals surface area contributed by atoms with Crippen LogP contribution in [0.3, 0.4) is 0 Å². The van der Waals surface area contributed by atoms with E-state index >= 15 is 0 Å². The summed E-state index contributed by atoms with van der Waals surface area (Å²) in [5.74, 6) is -0.279. The van der Waals surface area contributed by atoms with E-state index in [1.54, 1.807) is 0 Å². The highest BCUT2D eigenvalue weighted by atomic mass is 32.2. The van der Waals surface area contributed by atoms with E-state index in [-0.39, 0.29) is 29.4 Å². The fourth-order valence-electron chi connectivity index (χ4n) is 2.26. The predicted molar refractivity (Wildman–Crippen MR) is 100 cm³/mol. The third kappa shape index (κ3) is 6.34. The number of alkyl halides is 3. The number of amides is 1. The zero-order chi connectivity index (χ0) is 20.9. The van der Waals surface area contributed by atoms with Gasteiger partial charge in [0.2, 0.25) is 15.9 Å². The third-order valence-corrected chi connectivity index (χ3v) is 4.01. The molecule has 7 nitrogen and oxygen atoms in total. The maximum atomic E-state index is 12.7. The number of carbonyl (C=O) groups excluding carboxylic acids is 1. The molecule has 0 unspecified atom stereocenters. The predicted octanol–water partition coefficient (Wildman–Crippen LogP) is 3.14. The van der Waals surface area contributed by atoms with Crippen LogP contribution in [0.5, 0.6) is 5.75 Å². The molecule has 3 N–H and O–H groups in total. The molecule has 0 saturated heterocycles. The van der Waals surface area contributed by atoms with Gasteiger partial charge in [0.15, 0.2) is 0 Å². The molecule has 0 saturated carbocycles. The molecule has 0 bridgehead atoms. The molecule has 28 heavy (non-hydrogen) atoms. The number of benzene rings is 2. The van der Waals surface area contributed by atoms with Gasteiger partial charge in [-0.05, 0) is 36.4 Å². The molecule has 0 aromatic heterocycles. The van der Waals surface area contributed by atoms with Crippen molar-refractivity contribution in [2.24, 2.45) is 0 Å². The van der Waals surface area contributed by atoms with Gasteiger partial charge in [-0.25, -0.2) is 8.42 Å². The molecule has 2 aromatic rings. The SMILES string of the molecule is COc1ccc(NC(=O)CNc2cccc(C(F)(F)F)c2)cc1NS(C)(=O)=O. The van der Waals surface area contributed by atoms with E-state index < -0.39 is 27.7 Å². The number of ether oxygens (including phenoxy) is 1. The molecule has 0 spiro atoms. The third-order valence-electron chi connectivity index (χ3n) is 3.42. The van der Waals surface area contributed by atoms with Gasteiger partial charge in [-0.15, -0.1) is 0 Å². The van der Waals surface area contributed by atoms with E-state index in [0.29, 0.717) is 0 Å². The van der Waals surface area contributed by atoms with Gasteiger partial charge in [-0.3, -0.25) is 9.52 Å². The Morgan fingerprint density at radius 3 is 2.43 bits per heavy atom. The molecule has 0 aliphatic carbocycles. The minimum atomic E-state index is -4.48. The van der Waals surface area contributed by atoms with Gasteiger partial charge in [0.1, 0.15) is 5.75 Å². The monoisotopic (exact) mass is 417 g/mol. The van der Waals surface area contributed by atoms with E-state index in [4.69, 9.17) is 4.74 Å². The summed E-state index contributed by atoms with van der Waals surface area (Å²) < 4.78 is 68.3. The molecular formula is C17H18F3N3O4S. The number of rotatable bonds is 7. The molecule has 2 rings (SSSR count). The zero-order valence-electron chi connectivity index (χ0n) is 14.9. The van der Waals surface area contributed by atoms with Crippen LogP contribution in [0.15, 0.2) is 42.5 Å². The second-order valence-electron chi connectivity index (χ2n) is 5.77. The van der Waals surface area contributed by atoms with Crippen molar-refractivity contribution in [2.75, 3.05) is 35.3 Å². The molecule has 0 atom stereocenters. The summed E-state index contributed by atoms with van der Waals surface area (Å²) in [6.45, 7) is -0.290. The second kappa shape index (κ2) is 8.38. The largest absolute Gasteiger partial charge is 0.495 e. The number of hydrogen-bond acceptors (Lipinski definition) is 5. The summed E-state index contributed by atoms with van der Waals surface area (Å²) in [6.07, 6.45) is -3.51. The molecule has 0 fully saturated rings. The Hall–Kier alpha value is -2.95. The van der Waals surface area contributed by atoms with Gasteiger partial charge < -0.3 is 15.4 Å². The van der Waals surface area contributed by atoms with Crippen molar-refractivity contribution < 1.29 is 31.1 Å². The Morgan fingerprint density at radius 1 is 1.11 bits per heavy atom. The highest BCUT2D eigenvalue weighted by Crippen LogP contribution is 2.31. The number of halogens is 3. The number of anilines is 3. The summed E-state index contributed by atoms with van der Waals surface area (Å²) in [5.41, 5.74) is -0.278. The quantitative estimate of drug-likeness (QED) is 0.643. The minimum Gasteiger partial charge on any atom is -0.495 e. The minimum absolute atomic E-state index is 0.133. The van der Waals surface area contributed by atoms with Gasteiger partial charge in [-0.1, -0.05) is 6.07 Å². The molecule has 152 valence electrons. The zero-order valence-corrected chi connectivity index (χ0v) is 15.7. The maximum Gasteiger partial charge on any atom is 0.416 e. The van der Waals surface area contributed by atoms with E-state index in [2.05, 4.69) is 15.4 Å². The van der Waals surface area contributed by atoms with Gasteiger partial charge in [-0.2, -0.15) is 13.2 Å². The van der Waals surface area contributed by atoms with Gasteiger partial charge >= 0.3 is 6.18 Å². The van der Waals surface area contributed by atoms with Crippen molar-refractivity contribution in [3.63, 3.8) is 0 Å². The van der Waals surface area contributed by atoms with E-state index in [1.807, 2.05) is 0 Å². The molecular weight excluding hydrogens is 399 g/mol. The first-order valence-electron chi connectivity index (χ1n) is 7.85. The van der Waals surface area contributed by atoms with Crippen LogP contribution in [0.4, 0.5) is 30.2 Å². The van der Waals surface area contributed by atoms with E-state index in [0.717, 1.165) is 18.4 Å².